The molecule has 0 aromatic heterocycles. The zero-order valence-electron chi connectivity index (χ0n) is 26.3. The number of nitrogens with one attached hydrogen (secondary N) is 2. The van der Waals surface area contributed by atoms with Crippen LogP contribution in [0.25, 0.3) is 0 Å². The average Bonchev–Trinajstić information content (AvgIpc) is 3.27. The molecule has 236 valence electrons. The molecule has 0 bridgehead atoms. The third-order valence-corrected chi connectivity index (χ3v) is 9.22. The van der Waals surface area contributed by atoms with Crippen LogP contribution in [0.5, 0.6) is 0 Å². The molecular formula is C35H41N5O5. The van der Waals surface area contributed by atoms with Crippen LogP contribution >= 0.6 is 0 Å². The third-order valence-electron chi connectivity index (χ3n) is 9.22. The summed E-state index contributed by atoms with van der Waals surface area (Å²) in [5, 5.41) is 15.0. The Morgan fingerprint density at radius 3 is 2.00 bits per heavy atom. The Labute approximate surface area is 264 Å². The number of benzene rings is 3. The van der Waals surface area contributed by atoms with E-state index in [1.54, 1.807) is 30.9 Å². The minimum atomic E-state index is -1.31. The van der Waals surface area contributed by atoms with E-state index in [1.807, 2.05) is 47.4 Å². The number of anilines is 1. The van der Waals surface area contributed by atoms with Gasteiger partial charge in [0.15, 0.2) is 0 Å². The molecule has 0 aliphatic carbocycles. The SMILES string of the molecule is Cc1cccc(C)c1CN1CN(c2ccccc2)C2(CCN(C(=O)NCC(NC(=O)c3c(C)cccc3C)C(=O)O)CC2)C1=O. The molecule has 5 rings (SSSR count). The first-order valence-electron chi connectivity index (χ1n) is 15.3. The number of hydrogen-bond donors (Lipinski definition) is 3. The van der Waals surface area contributed by atoms with Gasteiger partial charge in [-0.1, -0.05) is 54.6 Å². The zero-order chi connectivity index (χ0) is 32.3. The fourth-order valence-corrected chi connectivity index (χ4v) is 6.60. The van der Waals surface area contributed by atoms with E-state index in [-0.39, 0.29) is 12.5 Å². The number of para-hydroxylation sites is 1. The Kier molecular flexibility index (Phi) is 9.13. The average molecular weight is 612 g/mol. The minimum Gasteiger partial charge on any atom is -0.480 e. The summed E-state index contributed by atoms with van der Waals surface area (Å²) in [5.41, 5.74) is 5.49. The lowest BCUT2D eigenvalue weighted by atomic mass is 9.85. The highest BCUT2D eigenvalue weighted by molar-refractivity contribution is 5.99. The maximum atomic E-state index is 14.2. The fourth-order valence-electron chi connectivity index (χ4n) is 6.60. The summed E-state index contributed by atoms with van der Waals surface area (Å²) in [6.45, 7) is 9.04. The highest BCUT2D eigenvalue weighted by Crippen LogP contribution is 2.40. The lowest BCUT2D eigenvalue weighted by Gasteiger charge is -2.43. The molecule has 2 heterocycles. The number of carboxylic acid groups (broad SMARTS) is 1. The highest BCUT2D eigenvalue weighted by Gasteiger charge is 2.54. The van der Waals surface area contributed by atoms with Crippen molar-refractivity contribution in [1.82, 2.24) is 20.4 Å². The third kappa shape index (κ3) is 6.36. The summed E-state index contributed by atoms with van der Waals surface area (Å²) in [6, 6.07) is 19.7. The Morgan fingerprint density at radius 2 is 1.42 bits per heavy atom. The maximum Gasteiger partial charge on any atom is 0.328 e. The van der Waals surface area contributed by atoms with Crippen molar-refractivity contribution < 1.29 is 24.3 Å². The molecule has 0 saturated carbocycles. The molecule has 1 spiro atoms. The number of piperidine rings is 1. The van der Waals surface area contributed by atoms with Gasteiger partial charge in [0.25, 0.3) is 5.91 Å². The van der Waals surface area contributed by atoms with Gasteiger partial charge in [0, 0.05) is 30.9 Å². The largest absolute Gasteiger partial charge is 0.480 e. The van der Waals surface area contributed by atoms with Crippen molar-refractivity contribution in [2.75, 3.05) is 31.2 Å². The van der Waals surface area contributed by atoms with Crippen molar-refractivity contribution in [3.8, 4) is 0 Å². The molecule has 2 saturated heterocycles. The second-order valence-electron chi connectivity index (χ2n) is 12.1. The number of carboxylic acids is 1. The summed E-state index contributed by atoms with van der Waals surface area (Å²) in [4.78, 5) is 58.0. The first-order chi connectivity index (χ1) is 21.5. The lowest BCUT2D eigenvalue weighted by molar-refractivity contribution is -0.139. The van der Waals surface area contributed by atoms with Crippen molar-refractivity contribution in [3.05, 3.63) is 100 Å². The van der Waals surface area contributed by atoms with Gasteiger partial charge in [-0.25, -0.2) is 9.59 Å². The molecule has 2 aliphatic heterocycles. The minimum absolute atomic E-state index is 0.0502. The standard InChI is InChI=1S/C35H41N5O5/c1-23-10-8-11-24(2)28(23)21-39-22-40(27-14-6-5-7-15-27)35(33(39)44)16-18-38(19-17-35)34(45)36-20-29(32(42)43)37-31(41)30-25(3)12-9-13-26(30)4/h5-15,29H,16-22H2,1-4H3,(H,36,45)(H,37,41)(H,42,43). The summed E-state index contributed by atoms with van der Waals surface area (Å²) < 4.78 is 0. The van der Waals surface area contributed by atoms with E-state index in [0.29, 0.717) is 44.7 Å². The van der Waals surface area contributed by atoms with Crippen molar-refractivity contribution >= 4 is 29.5 Å². The summed E-state index contributed by atoms with van der Waals surface area (Å²) in [7, 11) is 0. The van der Waals surface area contributed by atoms with Gasteiger partial charge in [0.2, 0.25) is 5.91 Å². The Bertz CT molecular complexity index is 1560. The quantitative estimate of drug-likeness (QED) is 0.352. The Balaban J connectivity index is 1.26. The van der Waals surface area contributed by atoms with E-state index in [1.165, 1.54) is 0 Å². The van der Waals surface area contributed by atoms with Crippen molar-refractivity contribution in [1.29, 1.82) is 0 Å². The summed E-state index contributed by atoms with van der Waals surface area (Å²) in [5.74, 6) is -1.70. The van der Waals surface area contributed by atoms with E-state index < -0.39 is 29.5 Å². The van der Waals surface area contributed by atoms with Crippen LogP contribution in [0.2, 0.25) is 0 Å². The van der Waals surface area contributed by atoms with Gasteiger partial charge in [0.05, 0.1) is 13.2 Å². The van der Waals surface area contributed by atoms with Gasteiger partial charge in [-0.05, 0) is 80.5 Å². The van der Waals surface area contributed by atoms with Crippen LogP contribution in [-0.4, -0.2) is 76.6 Å². The van der Waals surface area contributed by atoms with Crippen LogP contribution in [0.15, 0.2) is 66.7 Å². The van der Waals surface area contributed by atoms with E-state index in [0.717, 1.165) is 33.5 Å². The highest BCUT2D eigenvalue weighted by atomic mass is 16.4. The van der Waals surface area contributed by atoms with Gasteiger partial charge < -0.3 is 30.4 Å². The molecule has 10 heteroatoms. The number of amides is 4. The van der Waals surface area contributed by atoms with Gasteiger partial charge in [-0.2, -0.15) is 0 Å². The number of likely N-dealkylation sites (tertiary alicyclic amines) is 1. The van der Waals surface area contributed by atoms with Crippen LogP contribution in [0.3, 0.4) is 0 Å². The molecule has 2 fully saturated rings. The smallest absolute Gasteiger partial charge is 0.328 e. The van der Waals surface area contributed by atoms with Crippen LogP contribution in [0.1, 0.15) is 51.0 Å². The van der Waals surface area contributed by atoms with Gasteiger partial charge in [-0.3, -0.25) is 9.59 Å². The van der Waals surface area contributed by atoms with Crippen molar-refractivity contribution in [2.45, 2.75) is 58.7 Å². The molecule has 3 N–H and O–H groups in total. The predicted octanol–water partition coefficient (Wildman–Crippen LogP) is 4.15. The molecule has 2 aliphatic rings. The normalized spacial score (nSPS) is 16.5. The van der Waals surface area contributed by atoms with Gasteiger partial charge >= 0.3 is 12.0 Å². The number of nitrogens with zero attached hydrogens (tertiary/aromatic N) is 3. The molecule has 10 nitrogen and oxygen atoms in total. The van der Waals surface area contributed by atoms with Crippen molar-refractivity contribution in [2.24, 2.45) is 0 Å². The van der Waals surface area contributed by atoms with Crippen LogP contribution in [0, 0.1) is 27.7 Å². The Morgan fingerprint density at radius 1 is 0.844 bits per heavy atom. The van der Waals surface area contributed by atoms with Crippen molar-refractivity contribution in [3.63, 3.8) is 0 Å². The van der Waals surface area contributed by atoms with Crippen LogP contribution in [-0.2, 0) is 16.1 Å². The number of aryl methyl sites for hydroxylation is 4. The lowest BCUT2D eigenvalue weighted by Crippen LogP contribution is -2.59. The topological polar surface area (TPSA) is 122 Å². The number of urea groups is 1. The molecule has 3 aromatic carbocycles. The number of carbonyl (C=O) groups excluding carboxylic acids is 3. The van der Waals surface area contributed by atoms with Gasteiger partial charge in [0.1, 0.15) is 11.6 Å². The van der Waals surface area contributed by atoms with Gasteiger partial charge in [-0.15, -0.1) is 0 Å². The van der Waals surface area contributed by atoms with E-state index in [9.17, 15) is 24.3 Å². The molecule has 4 amide bonds. The second-order valence-corrected chi connectivity index (χ2v) is 12.1. The summed E-state index contributed by atoms with van der Waals surface area (Å²) >= 11 is 0. The second kappa shape index (κ2) is 13.0. The number of carbonyl (C=O) groups is 4. The maximum absolute atomic E-state index is 14.2. The van der Waals surface area contributed by atoms with E-state index in [4.69, 9.17) is 0 Å². The molecule has 3 aromatic rings. The first-order valence-corrected chi connectivity index (χ1v) is 15.3. The number of hydrogen-bond acceptors (Lipinski definition) is 5. The fraction of sp³-hybridized carbons (Fsp3) is 0.371. The molecule has 45 heavy (non-hydrogen) atoms. The van der Waals surface area contributed by atoms with Crippen LogP contribution < -0.4 is 15.5 Å². The summed E-state index contributed by atoms with van der Waals surface area (Å²) in [6.07, 6.45) is 0.867. The number of aliphatic carboxylic acids is 1. The molecule has 1 unspecified atom stereocenters. The first kappa shape index (κ1) is 31.6. The molecule has 0 radical (unpaired) electrons. The monoisotopic (exact) mass is 611 g/mol. The predicted molar refractivity (Wildman–Crippen MR) is 172 cm³/mol. The molecular weight excluding hydrogens is 570 g/mol. The number of rotatable bonds is 8. The Hall–Kier alpha value is -4.86. The van der Waals surface area contributed by atoms with E-state index in [2.05, 4.69) is 41.5 Å². The zero-order valence-corrected chi connectivity index (χ0v) is 26.3. The van der Waals surface area contributed by atoms with E-state index >= 15 is 0 Å². The van der Waals surface area contributed by atoms with Crippen LogP contribution in [0.4, 0.5) is 10.5 Å². The molecule has 1 atom stereocenters.